The summed E-state index contributed by atoms with van der Waals surface area (Å²) in [6, 6.07) is 13.1. The Balaban J connectivity index is 1.77. The maximum absolute atomic E-state index is 13.8. The highest BCUT2D eigenvalue weighted by atomic mass is 19.4. The zero-order chi connectivity index (χ0) is 32.3. The van der Waals surface area contributed by atoms with Crippen molar-refractivity contribution in [1.82, 2.24) is 20.2 Å². The van der Waals surface area contributed by atoms with Crippen LogP contribution in [0.25, 0.3) is 0 Å². The molecule has 0 amide bonds. The van der Waals surface area contributed by atoms with E-state index < -0.39 is 60.0 Å². The molecule has 4 aromatic rings. The molecule has 3 aromatic carbocycles. The van der Waals surface area contributed by atoms with Gasteiger partial charge in [0, 0.05) is 13.1 Å². The van der Waals surface area contributed by atoms with Gasteiger partial charge in [-0.3, -0.25) is 0 Å². The summed E-state index contributed by atoms with van der Waals surface area (Å²) < 4.78 is 129. The van der Waals surface area contributed by atoms with Gasteiger partial charge in [0.25, 0.3) is 5.95 Å². The van der Waals surface area contributed by atoms with Crippen LogP contribution in [0.1, 0.15) is 58.4 Å². The molecule has 44 heavy (non-hydrogen) atoms. The second-order valence-corrected chi connectivity index (χ2v) is 9.95. The number of aryl methyl sites for hydroxylation is 1. The minimum absolute atomic E-state index is 0.00472. The number of ether oxygens (including phenoxy) is 1. The van der Waals surface area contributed by atoms with Gasteiger partial charge in [-0.15, -0.1) is 5.10 Å². The maximum atomic E-state index is 13.8. The number of rotatable bonds is 10. The fourth-order valence-corrected chi connectivity index (χ4v) is 4.57. The van der Waals surface area contributed by atoms with E-state index in [-0.39, 0.29) is 24.2 Å². The van der Waals surface area contributed by atoms with Gasteiger partial charge in [0.1, 0.15) is 0 Å². The summed E-state index contributed by atoms with van der Waals surface area (Å²) in [7, 11) is 1.38. The number of benzene rings is 3. The Bertz CT molecular complexity index is 1520. The van der Waals surface area contributed by atoms with Crippen molar-refractivity contribution in [3.05, 3.63) is 106 Å². The molecular weight excluding hydrogens is 605 g/mol. The Morgan fingerprint density at radius 3 is 1.89 bits per heavy atom. The second kappa shape index (κ2) is 12.8. The fourth-order valence-electron chi connectivity index (χ4n) is 4.57. The summed E-state index contributed by atoms with van der Waals surface area (Å²) in [5.74, 6) is -0.222. The lowest BCUT2D eigenvalue weighted by molar-refractivity contribution is -0.143. The van der Waals surface area contributed by atoms with E-state index in [2.05, 4.69) is 15.4 Å². The Morgan fingerprint density at radius 2 is 1.36 bits per heavy atom. The number of alkyl halides is 9. The lowest BCUT2D eigenvalue weighted by Crippen LogP contribution is -2.26. The van der Waals surface area contributed by atoms with Gasteiger partial charge in [-0.2, -0.15) is 44.3 Å². The van der Waals surface area contributed by atoms with Gasteiger partial charge in [-0.1, -0.05) is 48.4 Å². The topological polar surface area (TPSA) is 56.1 Å². The molecule has 0 saturated carbocycles. The Hall–Kier alpha value is -4.14. The van der Waals surface area contributed by atoms with Crippen LogP contribution in [0.2, 0.25) is 0 Å². The van der Waals surface area contributed by atoms with E-state index >= 15 is 0 Å². The van der Waals surface area contributed by atoms with E-state index in [1.54, 1.807) is 19.1 Å². The maximum Gasteiger partial charge on any atom is 0.416 e. The van der Waals surface area contributed by atoms with Crippen molar-refractivity contribution in [3.63, 3.8) is 0 Å². The molecule has 15 heteroatoms. The molecule has 1 heterocycles. The number of hydrogen-bond acceptors (Lipinski definition) is 5. The number of nitrogens with zero attached hydrogens (tertiary/aromatic N) is 5. The fraction of sp³-hybridized carbons (Fsp3) is 0.345. The van der Waals surface area contributed by atoms with E-state index in [0.29, 0.717) is 24.1 Å². The summed E-state index contributed by atoms with van der Waals surface area (Å²) in [5, 5.41) is 11.5. The summed E-state index contributed by atoms with van der Waals surface area (Å²) in [5.41, 5.74) is -3.25. The largest absolute Gasteiger partial charge is 0.416 e. The first kappa shape index (κ1) is 32.8. The minimum atomic E-state index is -5.09. The van der Waals surface area contributed by atoms with Crippen LogP contribution in [0.3, 0.4) is 0 Å². The van der Waals surface area contributed by atoms with Crippen LogP contribution >= 0.6 is 0 Å². The average molecular weight is 632 g/mol. The highest BCUT2D eigenvalue weighted by Crippen LogP contribution is 2.38. The Labute approximate surface area is 246 Å². The number of aromatic nitrogens is 4. The Kier molecular flexibility index (Phi) is 9.56. The molecule has 0 saturated heterocycles. The summed E-state index contributed by atoms with van der Waals surface area (Å²) in [6.07, 6.45) is -15.3. The molecule has 0 radical (unpaired) electrons. The molecule has 0 fully saturated rings. The molecule has 0 bridgehead atoms. The van der Waals surface area contributed by atoms with E-state index in [0.717, 1.165) is 27.4 Å². The lowest BCUT2D eigenvalue weighted by Gasteiger charge is -2.26. The molecule has 0 aliphatic carbocycles. The molecule has 0 N–H and O–H groups in total. The van der Waals surface area contributed by atoms with Crippen LogP contribution < -0.4 is 4.90 Å². The van der Waals surface area contributed by atoms with Gasteiger partial charge >= 0.3 is 18.5 Å². The predicted molar refractivity (Wildman–Crippen MR) is 141 cm³/mol. The molecule has 1 atom stereocenters. The van der Waals surface area contributed by atoms with Crippen molar-refractivity contribution in [2.24, 2.45) is 7.05 Å². The van der Waals surface area contributed by atoms with E-state index in [1.807, 2.05) is 18.2 Å². The van der Waals surface area contributed by atoms with Crippen LogP contribution in [-0.2, 0) is 50.0 Å². The van der Waals surface area contributed by atoms with Crippen molar-refractivity contribution < 1.29 is 44.3 Å². The molecule has 1 aromatic heterocycles. The molecule has 236 valence electrons. The Morgan fingerprint density at radius 1 is 0.750 bits per heavy atom. The van der Waals surface area contributed by atoms with Gasteiger partial charge in [0.15, 0.2) is 0 Å². The monoisotopic (exact) mass is 631 g/mol. The van der Waals surface area contributed by atoms with Gasteiger partial charge in [0.05, 0.1) is 36.4 Å². The number of anilines is 1. The third-order valence-corrected chi connectivity index (χ3v) is 6.64. The van der Waals surface area contributed by atoms with Crippen LogP contribution in [0, 0.1) is 0 Å². The standard InChI is InChI=1S/C29H26F9N5O/c1-3-25(44-17-18-7-5-4-6-8-18)24-10-9-21(27(30,31)32)13-20(24)16-43(26-39-41-42(2)40-26)15-19-11-22(28(33,34)35)14-23(12-19)29(36,37)38/h4-14,25H,3,15-17H2,1-2H3. The molecule has 0 aliphatic heterocycles. The predicted octanol–water partition coefficient (Wildman–Crippen LogP) is 8.14. The smallest absolute Gasteiger partial charge is 0.369 e. The zero-order valence-corrected chi connectivity index (χ0v) is 23.3. The van der Waals surface area contributed by atoms with E-state index in [4.69, 9.17) is 4.74 Å². The number of hydrogen-bond donors (Lipinski definition) is 0. The first-order valence-electron chi connectivity index (χ1n) is 13.2. The van der Waals surface area contributed by atoms with Crippen molar-refractivity contribution in [3.8, 4) is 0 Å². The van der Waals surface area contributed by atoms with Crippen molar-refractivity contribution in [2.45, 2.75) is 57.7 Å². The number of tetrazole rings is 1. The lowest BCUT2D eigenvalue weighted by atomic mass is 9.97. The highest BCUT2D eigenvalue weighted by molar-refractivity contribution is 5.41. The summed E-state index contributed by atoms with van der Waals surface area (Å²) in [4.78, 5) is 2.16. The quantitative estimate of drug-likeness (QED) is 0.166. The molecule has 0 aliphatic rings. The van der Waals surface area contributed by atoms with Crippen LogP contribution in [0.5, 0.6) is 0 Å². The van der Waals surface area contributed by atoms with Gasteiger partial charge in [0.2, 0.25) is 0 Å². The molecule has 1 unspecified atom stereocenters. The third-order valence-electron chi connectivity index (χ3n) is 6.64. The van der Waals surface area contributed by atoms with Crippen molar-refractivity contribution >= 4 is 5.95 Å². The summed E-state index contributed by atoms with van der Waals surface area (Å²) >= 11 is 0. The van der Waals surface area contributed by atoms with Crippen LogP contribution in [0.15, 0.2) is 66.7 Å². The molecular formula is C29H26F9N5O. The second-order valence-electron chi connectivity index (χ2n) is 9.95. The molecule has 6 nitrogen and oxygen atoms in total. The highest BCUT2D eigenvalue weighted by Gasteiger charge is 2.37. The third kappa shape index (κ3) is 8.27. The molecule has 0 spiro atoms. The van der Waals surface area contributed by atoms with Gasteiger partial charge in [-0.25, -0.2) is 0 Å². The first-order valence-corrected chi connectivity index (χ1v) is 13.2. The SMILES string of the molecule is CCC(OCc1ccccc1)c1ccc(C(F)(F)F)cc1CN(Cc1cc(C(F)(F)F)cc(C(F)(F)F)c1)c1nnn(C)n1. The van der Waals surface area contributed by atoms with Gasteiger partial charge < -0.3 is 9.64 Å². The number of halogens is 9. The molecule has 4 rings (SSSR count). The summed E-state index contributed by atoms with van der Waals surface area (Å²) in [6.45, 7) is 0.865. The first-order chi connectivity index (χ1) is 20.5. The zero-order valence-electron chi connectivity index (χ0n) is 23.3. The van der Waals surface area contributed by atoms with Crippen LogP contribution in [0.4, 0.5) is 45.5 Å². The van der Waals surface area contributed by atoms with E-state index in [1.165, 1.54) is 13.1 Å². The van der Waals surface area contributed by atoms with Crippen LogP contribution in [-0.4, -0.2) is 20.2 Å². The van der Waals surface area contributed by atoms with Gasteiger partial charge in [-0.05, 0) is 64.2 Å². The normalized spacial score (nSPS) is 13.2. The van der Waals surface area contributed by atoms with E-state index in [9.17, 15) is 39.5 Å². The van der Waals surface area contributed by atoms with Crippen molar-refractivity contribution in [1.29, 1.82) is 0 Å². The van der Waals surface area contributed by atoms with Crippen molar-refractivity contribution in [2.75, 3.05) is 4.90 Å². The average Bonchev–Trinajstić information content (AvgIpc) is 3.38. The minimum Gasteiger partial charge on any atom is -0.369 e.